The van der Waals surface area contributed by atoms with Gasteiger partial charge >= 0.3 is 6.03 Å². The van der Waals surface area contributed by atoms with Crippen LogP contribution in [0, 0.1) is 0 Å². The standard InChI is InChI=1S/C32H26N2O7/c1-39-29-18-23(9-16-28(29)41-19-22-5-3-2-4-6-22)20-40-26-14-7-21(8-15-26)17-27-30(36)33-32(38)34(31(27)37)24-10-12-25(35)13-11-24/h2-18,35H,19-20H2,1H3,(H,33,36,38)/b27-17-. The van der Waals surface area contributed by atoms with Crippen LogP contribution in [-0.4, -0.2) is 30.1 Å². The number of imide groups is 2. The lowest BCUT2D eigenvalue weighted by atomic mass is 10.1. The monoisotopic (exact) mass is 550 g/mol. The quantitative estimate of drug-likeness (QED) is 0.217. The second-order valence-corrected chi connectivity index (χ2v) is 9.09. The van der Waals surface area contributed by atoms with E-state index in [4.69, 9.17) is 14.2 Å². The third kappa shape index (κ3) is 6.36. The minimum atomic E-state index is -0.862. The third-order valence-electron chi connectivity index (χ3n) is 6.27. The van der Waals surface area contributed by atoms with E-state index in [9.17, 15) is 19.5 Å². The molecule has 0 bridgehead atoms. The number of nitrogens with zero attached hydrogens (tertiary/aromatic N) is 1. The summed E-state index contributed by atoms with van der Waals surface area (Å²) in [5.74, 6) is 0.228. The number of ether oxygens (including phenoxy) is 3. The lowest BCUT2D eigenvalue weighted by Crippen LogP contribution is -2.54. The molecule has 0 aromatic heterocycles. The molecule has 1 fully saturated rings. The van der Waals surface area contributed by atoms with E-state index in [1.165, 1.54) is 30.3 Å². The van der Waals surface area contributed by atoms with E-state index in [1.807, 2.05) is 48.5 Å². The average Bonchev–Trinajstić information content (AvgIpc) is 2.99. The third-order valence-corrected chi connectivity index (χ3v) is 6.27. The molecule has 4 aromatic rings. The Morgan fingerprint density at radius 1 is 0.780 bits per heavy atom. The number of nitrogens with one attached hydrogen (secondary N) is 1. The summed E-state index contributed by atoms with van der Waals surface area (Å²) in [6.45, 7) is 0.703. The fourth-order valence-corrected chi connectivity index (χ4v) is 4.14. The molecular weight excluding hydrogens is 524 g/mol. The number of carbonyl (C=O) groups is 3. The maximum Gasteiger partial charge on any atom is 0.335 e. The molecule has 1 aliphatic rings. The summed E-state index contributed by atoms with van der Waals surface area (Å²) in [6.07, 6.45) is 1.40. The van der Waals surface area contributed by atoms with Crippen molar-refractivity contribution in [1.29, 1.82) is 0 Å². The lowest BCUT2D eigenvalue weighted by molar-refractivity contribution is -0.122. The Balaban J connectivity index is 1.23. The van der Waals surface area contributed by atoms with E-state index in [0.29, 0.717) is 29.4 Å². The molecule has 2 N–H and O–H groups in total. The van der Waals surface area contributed by atoms with Crippen molar-refractivity contribution in [3.63, 3.8) is 0 Å². The molecule has 4 amide bonds. The van der Waals surface area contributed by atoms with Crippen LogP contribution in [0.5, 0.6) is 23.0 Å². The highest BCUT2D eigenvalue weighted by Crippen LogP contribution is 2.30. The van der Waals surface area contributed by atoms with Crippen LogP contribution in [0.25, 0.3) is 6.08 Å². The van der Waals surface area contributed by atoms with E-state index >= 15 is 0 Å². The summed E-state index contributed by atoms with van der Waals surface area (Å²) in [5.41, 5.74) is 2.52. The highest BCUT2D eigenvalue weighted by molar-refractivity contribution is 6.39. The number of rotatable bonds is 9. The normalized spacial score (nSPS) is 14.1. The fraction of sp³-hybridized carbons (Fsp3) is 0.0938. The molecule has 206 valence electrons. The van der Waals surface area contributed by atoms with Crippen LogP contribution in [0.1, 0.15) is 16.7 Å². The topological polar surface area (TPSA) is 114 Å². The molecular formula is C32H26N2O7. The number of hydrogen-bond donors (Lipinski definition) is 2. The van der Waals surface area contributed by atoms with Gasteiger partial charge in [-0.05, 0) is 71.3 Å². The SMILES string of the molecule is COc1cc(COc2ccc(/C=C3/C(=O)NC(=O)N(c4ccc(O)cc4)C3=O)cc2)ccc1OCc1ccccc1. The van der Waals surface area contributed by atoms with E-state index < -0.39 is 17.8 Å². The number of benzene rings is 4. The molecule has 9 nitrogen and oxygen atoms in total. The van der Waals surface area contributed by atoms with Gasteiger partial charge < -0.3 is 19.3 Å². The van der Waals surface area contributed by atoms with E-state index in [1.54, 1.807) is 31.4 Å². The second-order valence-electron chi connectivity index (χ2n) is 9.09. The van der Waals surface area contributed by atoms with Gasteiger partial charge in [0, 0.05) is 0 Å². The van der Waals surface area contributed by atoms with Gasteiger partial charge in [0.05, 0.1) is 12.8 Å². The number of aromatic hydroxyl groups is 1. The van der Waals surface area contributed by atoms with Crippen LogP contribution in [0.3, 0.4) is 0 Å². The van der Waals surface area contributed by atoms with E-state index in [-0.39, 0.29) is 23.6 Å². The predicted molar refractivity (Wildman–Crippen MR) is 152 cm³/mol. The van der Waals surface area contributed by atoms with Crippen LogP contribution in [-0.2, 0) is 22.8 Å². The van der Waals surface area contributed by atoms with Gasteiger partial charge in [0.1, 0.15) is 30.3 Å². The molecule has 4 aromatic carbocycles. The summed E-state index contributed by atoms with van der Waals surface area (Å²) in [7, 11) is 1.58. The van der Waals surface area contributed by atoms with E-state index in [2.05, 4.69) is 5.32 Å². The van der Waals surface area contributed by atoms with Gasteiger partial charge in [0.2, 0.25) is 0 Å². The fourth-order valence-electron chi connectivity index (χ4n) is 4.14. The molecule has 0 aliphatic carbocycles. The highest BCUT2D eigenvalue weighted by atomic mass is 16.5. The molecule has 1 heterocycles. The summed E-state index contributed by atoms with van der Waals surface area (Å²) in [4.78, 5) is 38.6. The zero-order chi connectivity index (χ0) is 28.8. The Morgan fingerprint density at radius 3 is 2.20 bits per heavy atom. The van der Waals surface area contributed by atoms with Gasteiger partial charge in [-0.15, -0.1) is 0 Å². The van der Waals surface area contributed by atoms with Crippen molar-refractivity contribution in [2.75, 3.05) is 12.0 Å². The summed E-state index contributed by atoms with van der Waals surface area (Å²) in [6, 6.07) is 26.9. The molecule has 1 saturated heterocycles. The predicted octanol–water partition coefficient (Wildman–Crippen LogP) is 5.23. The van der Waals surface area contributed by atoms with Crippen molar-refractivity contribution < 1.29 is 33.7 Å². The minimum Gasteiger partial charge on any atom is -0.508 e. The first kappa shape index (κ1) is 27.0. The molecule has 0 atom stereocenters. The maximum atomic E-state index is 13.0. The molecule has 1 aliphatic heterocycles. The Bertz CT molecular complexity index is 1600. The number of hydrogen-bond acceptors (Lipinski definition) is 7. The maximum absolute atomic E-state index is 13.0. The van der Waals surface area contributed by atoms with Crippen LogP contribution in [0.2, 0.25) is 0 Å². The Kier molecular flexibility index (Phi) is 7.96. The number of barbiturate groups is 1. The van der Waals surface area contributed by atoms with Gasteiger partial charge in [-0.1, -0.05) is 48.5 Å². The number of phenolic OH excluding ortho intramolecular Hbond substituents is 1. The van der Waals surface area contributed by atoms with Gasteiger partial charge in [-0.3, -0.25) is 14.9 Å². The zero-order valence-corrected chi connectivity index (χ0v) is 22.1. The van der Waals surface area contributed by atoms with Crippen molar-refractivity contribution in [3.8, 4) is 23.0 Å². The Hall–Kier alpha value is -5.57. The minimum absolute atomic E-state index is 0.0169. The van der Waals surface area contributed by atoms with Crippen LogP contribution >= 0.6 is 0 Å². The molecule has 9 heteroatoms. The zero-order valence-electron chi connectivity index (χ0n) is 22.1. The van der Waals surface area contributed by atoms with Crippen molar-refractivity contribution >= 4 is 29.6 Å². The molecule has 5 rings (SSSR count). The van der Waals surface area contributed by atoms with Crippen LogP contribution in [0.4, 0.5) is 10.5 Å². The number of phenols is 1. The van der Waals surface area contributed by atoms with Crippen LogP contribution < -0.4 is 24.4 Å². The molecule has 0 saturated carbocycles. The molecule has 0 spiro atoms. The van der Waals surface area contributed by atoms with E-state index in [0.717, 1.165) is 16.0 Å². The molecule has 0 unspecified atom stereocenters. The van der Waals surface area contributed by atoms with Gasteiger partial charge in [0.15, 0.2) is 11.5 Å². The second kappa shape index (κ2) is 12.1. The summed E-state index contributed by atoms with van der Waals surface area (Å²) in [5, 5.41) is 11.7. The van der Waals surface area contributed by atoms with Crippen molar-refractivity contribution in [2.24, 2.45) is 0 Å². The number of anilines is 1. The van der Waals surface area contributed by atoms with Crippen molar-refractivity contribution in [1.82, 2.24) is 5.32 Å². The first-order valence-electron chi connectivity index (χ1n) is 12.7. The first-order valence-corrected chi connectivity index (χ1v) is 12.7. The number of carbonyl (C=O) groups excluding carboxylic acids is 3. The largest absolute Gasteiger partial charge is 0.508 e. The smallest absolute Gasteiger partial charge is 0.335 e. The van der Waals surface area contributed by atoms with Crippen molar-refractivity contribution in [2.45, 2.75) is 13.2 Å². The first-order chi connectivity index (χ1) is 19.9. The Morgan fingerprint density at radius 2 is 1.49 bits per heavy atom. The summed E-state index contributed by atoms with van der Waals surface area (Å²) < 4.78 is 17.3. The molecule has 0 radical (unpaired) electrons. The van der Waals surface area contributed by atoms with Gasteiger partial charge in [0.25, 0.3) is 11.8 Å². The van der Waals surface area contributed by atoms with Crippen LogP contribution in [0.15, 0.2) is 103 Å². The van der Waals surface area contributed by atoms with Crippen molar-refractivity contribution in [3.05, 3.63) is 119 Å². The highest BCUT2D eigenvalue weighted by Gasteiger charge is 2.36. The number of amides is 4. The number of methoxy groups -OCH3 is 1. The average molecular weight is 551 g/mol. The summed E-state index contributed by atoms with van der Waals surface area (Å²) >= 11 is 0. The molecule has 41 heavy (non-hydrogen) atoms. The van der Waals surface area contributed by atoms with Gasteiger partial charge in [-0.2, -0.15) is 0 Å². The van der Waals surface area contributed by atoms with Gasteiger partial charge in [-0.25, -0.2) is 9.69 Å². The lowest BCUT2D eigenvalue weighted by Gasteiger charge is -2.26. The number of urea groups is 1. The Labute approximate surface area is 236 Å².